The van der Waals surface area contributed by atoms with Gasteiger partial charge in [0, 0.05) is 18.7 Å². The van der Waals surface area contributed by atoms with Crippen LogP contribution in [0.2, 0.25) is 0 Å². The Labute approximate surface area is 167 Å². The molecule has 3 aliphatic rings. The fourth-order valence-corrected chi connectivity index (χ4v) is 3.44. The number of nitrogens with one attached hydrogen (secondary N) is 2. The van der Waals surface area contributed by atoms with Crippen LogP contribution < -0.4 is 20.4 Å². The zero-order valence-electron chi connectivity index (χ0n) is 16.1. The molecule has 151 valence electrons. The Kier molecular flexibility index (Phi) is 4.93. The molecule has 0 bridgehead atoms. The van der Waals surface area contributed by atoms with Gasteiger partial charge in [0.25, 0.3) is 6.34 Å². The van der Waals surface area contributed by atoms with E-state index in [-0.39, 0.29) is 24.8 Å². The lowest BCUT2D eigenvalue weighted by molar-refractivity contribution is -0.138. The summed E-state index contributed by atoms with van der Waals surface area (Å²) in [6.45, 7) is 4.48. The second kappa shape index (κ2) is 7.55. The number of cyclic esters (lactones) is 1. The Morgan fingerprint density at radius 2 is 2.28 bits per heavy atom. The van der Waals surface area contributed by atoms with Crippen LogP contribution in [0.15, 0.2) is 34.6 Å². The number of hydrogen-bond donors (Lipinski definition) is 2. The normalized spacial score (nSPS) is 20.1. The number of amides is 2. The van der Waals surface area contributed by atoms with E-state index in [0.29, 0.717) is 18.8 Å². The SMILES string of the molecule is CCOC(=O)C1=C2CNc3cc(N4C[C@H](CNC(C)=O)OC4=O)ccc3[N+]2C=N1. The van der Waals surface area contributed by atoms with E-state index in [2.05, 4.69) is 15.6 Å². The van der Waals surface area contributed by atoms with Crippen LogP contribution in [-0.4, -0.2) is 56.7 Å². The molecule has 1 saturated heterocycles. The summed E-state index contributed by atoms with van der Waals surface area (Å²) in [6.07, 6.45) is 0.737. The minimum absolute atomic E-state index is 0.171. The number of anilines is 3. The van der Waals surface area contributed by atoms with E-state index in [1.807, 2.05) is 23.1 Å². The fourth-order valence-electron chi connectivity index (χ4n) is 3.44. The molecule has 0 aromatic heterocycles. The number of rotatable bonds is 5. The molecule has 0 saturated carbocycles. The summed E-state index contributed by atoms with van der Waals surface area (Å²) in [5, 5.41) is 5.93. The third kappa shape index (κ3) is 3.54. The Morgan fingerprint density at radius 1 is 1.45 bits per heavy atom. The third-order valence-corrected chi connectivity index (χ3v) is 4.79. The Balaban J connectivity index is 1.53. The van der Waals surface area contributed by atoms with Crippen LogP contribution in [0.5, 0.6) is 0 Å². The van der Waals surface area contributed by atoms with Crippen LogP contribution in [-0.2, 0) is 19.1 Å². The van der Waals surface area contributed by atoms with Gasteiger partial charge in [0.1, 0.15) is 11.8 Å². The summed E-state index contributed by atoms with van der Waals surface area (Å²) in [5.74, 6) is -0.621. The van der Waals surface area contributed by atoms with Crippen LogP contribution in [0.25, 0.3) is 0 Å². The molecular formula is C19H21N5O5+. The number of fused-ring (bicyclic) bond motifs is 3. The first-order valence-corrected chi connectivity index (χ1v) is 9.32. The molecule has 1 atom stereocenters. The first-order chi connectivity index (χ1) is 14.0. The van der Waals surface area contributed by atoms with E-state index < -0.39 is 18.2 Å². The second-order valence-electron chi connectivity index (χ2n) is 6.74. The summed E-state index contributed by atoms with van der Waals surface area (Å²) >= 11 is 0. The van der Waals surface area contributed by atoms with Crippen LogP contribution in [0.1, 0.15) is 13.8 Å². The van der Waals surface area contributed by atoms with Gasteiger partial charge in [-0.3, -0.25) is 9.69 Å². The highest BCUT2D eigenvalue weighted by Crippen LogP contribution is 2.38. The van der Waals surface area contributed by atoms with Crippen LogP contribution in [0.3, 0.4) is 0 Å². The molecule has 3 heterocycles. The van der Waals surface area contributed by atoms with Crippen LogP contribution >= 0.6 is 0 Å². The largest absolute Gasteiger partial charge is 0.461 e. The van der Waals surface area contributed by atoms with Crippen molar-refractivity contribution in [1.29, 1.82) is 0 Å². The number of carbonyl (C=O) groups is 3. The van der Waals surface area contributed by atoms with Crippen molar-refractivity contribution in [3.05, 3.63) is 29.6 Å². The maximum absolute atomic E-state index is 12.2. The molecule has 2 N–H and O–H groups in total. The quantitative estimate of drug-likeness (QED) is 0.567. The number of ether oxygens (including phenoxy) is 2. The molecule has 1 aromatic rings. The van der Waals surface area contributed by atoms with Gasteiger partial charge in [-0.05, 0) is 24.0 Å². The van der Waals surface area contributed by atoms with E-state index in [1.165, 1.54) is 11.8 Å². The Hall–Kier alpha value is -3.40. The maximum Gasteiger partial charge on any atom is 0.414 e. The monoisotopic (exact) mass is 399 g/mol. The van der Waals surface area contributed by atoms with E-state index in [1.54, 1.807) is 13.3 Å². The minimum Gasteiger partial charge on any atom is -0.461 e. The zero-order valence-corrected chi connectivity index (χ0v) is 16.1. The molecule has 29 heavy (non-hydrogen) atoms. The smallest absolute Gasteiger partial charge is 0.414 e. The molecule has 0 unspecified atom stereocenters. The summed E-state index contributed by atoms with van der Waals surface area (Å²) in [7, 11) is 0. The predicted molar refractivity (Wildman–Crippen MR) is 105 cm³/mol. The van der Waals surface area contributed by atoms with Crippen molar-refractivity contribution in [3.8, 4) is 0 Å². The highest BCUT2D eigenvalue weighted by Gasteiger charge is 2.42. The van der Waals surface area contributed by atoms with Crippen LogP contribution in [0.4, 0.5) is 21.9 Å². The van der Waals surface area contributed by atoms with Gasteiger partial charge >= 0.3 is 12.1 Å². The molecule has 2 amide bonds. The number of benzene rings is 1. The first kappa shape index (κ1) is 18.9. The number of aliphatic imine (C=N–C) groups is 1. The van der Waals surface area contributed by atoms with Gasteiger partial charge in [0.05, 0.1) is 26.2 Å². The molecule has 0 aliphatic carbocycles. The predicted octanol–water partition coefficient (Wildman–Crippen LogP) is 1.16. The third-order valence-electron chi connectivity index (χ3n) is 4.79. The highest BCUT2D eigenvalue weighted by atomic mass is 16.6. The number of hydrogen-bond acceptors (Lipinski definition) is 8. The summed E-state index contributed by atoms with van der Waals surface area (Å²) < 4.78 is 10.4. The fraction of sp³-hybridized carbons (Fsp3) is 0.368. The Bertz CT molecular complexity index is 941. The van der Waals surface area contributed by atoms with E-state index in [4.69, 9.17) is 9.47 Å². The summed E-state index contributed by atoms with van der Waals surface area (Å²) in [4.78, 5) is 42.9. The van der Waals surface area contributed by atoms with Gasteiger partial charge in [-0.15, -0.1) is 0 Å². The molecule has 3 aliphatic heterocycles. The first-order valence-electron chi connectivity index (χ1n) is 9.32. The average molecular weight is 399 g/mol. The van der Waals surface area contributed by atoms with Crippen molar-refractivity contribution < 1.29 is 23.9 Å². The Morgan fingerprint density at radius 3 is 3.03 bits per heavy atom. The van der Waals surface area contributed by atoms with Crippen LogP contribution in [0, 0.1) is 0 Å². The van der Waals surface area contributed by atoms with Crippen molar-refractivity contribution in [2.75, 3.05) is 36.5 Å². The van der Waals surface area contributed by atoms with Crippen molar-refractivity contribution >= 4 is 41.4 Å². The molecule has 1 aromatic carbocycles. The molecule has 1 fully saturated rings. The number of nitrogens with zero attached hydrogens (tertiary/aromatic N) is 3. The molecule has 1 radical (unpaired) electrons. The number of esters is 1. The van der Waals surface area contributed by atoms with Gasteiger partial charge in [0.15, 0.2) is 0 Å². The van der Waals surface area contributed by atoms with E-state index in [9.17, 15) is 14.4 Å². The lowest BCUT2D eigenvalue weighted by atomic mass is 10.1. The maximum atomic E-state index is 12.2. The second-order valence-corrected chi connectivity index (χ2v) is 6.74. The van der Waals surface area contributed by atoms with Gasteiger partial charge in [0.2, 0.25) is 23.0 Å². The summed E-state index contributed by atoms with van der Waals surface area (Å²) in [5.41, 5.74) is 3.32. The van der Waals surface area contributed by atoms with Crippen molar-refractivity contribution in [2.45, 2.75) is 20.0 Å². The highest BCUT2D eigenvalue weighted by molar-refractivity contribution is 5.98. The van der Waals surface area contributed by atoms with Gasteiger partial charge in [-0.25, -0.2) is 9.59 Å². The molecule has 10 heteroatoms. The van der Waals surface area contributed by atoms with E-state index >= 15 is 0 Å². The standard InChI is InChI=1S/C19H21N5O5/c1-3-28-18(26)17-16-8-21-14-6-12(4-5-15(14)24(16)10-22-17)23-9-13(29-19(23)27)7-20-11(2)25/h4-6,10,13,21H,3,7-9H2,1-2H3,(H,20,25)/q+1/t13-/m0/s1. The topological polar surface area (TPSA) is 115 Å². The summed E-state index contributed by atoms with van der Waals surface area (Å²) in [6, 6.07) is 5.51. The van der Waals surface area contributed by atoms with E-state index in [0.717, 1.165) is 17.1 Å². The van der Waals surface area contributed by atoms with Crippen molar-refractivity contribution in [3.63, 3.8) is 0 Å². The van der Waals surface area contributed by atoms with Crippen molar-refractivity contribution in [2.24, 2.45) is 4.99 Å². The lowest BCUT2D eigenvalue weighted by Crippen LogP contribution is -2.33. The molecule has 0 spiro atoms. The zero-order chi connectivity index (χ0) is 20.5. The lowest BCUT2D eigenvalue weighted by Gasteiger charge is -2.20. The van der Waals surface area contributed by atoms with Gasteiger partial charge in [-0.2, -0.15) is 4.99 Å². The molecule has 10 nitrogen and oxygen atoms in total. The van der Waals surface area contributed by atoms with Gasteiger partial charge < -0.3 is 20.1 Å². The average Bonchev–Trinajstić information content (AvgIpc) is 3.29. The number of carbonyl (C=O) groups excluding carboxylic acids is 3. The molecular weight excluding hydrogens is 378 g/mol. The molecule has 4 rings (SSSR count). The van der Waals surface area contributed by atoms with Gasteiger partial charge in [-0.1, -0.05) is 0 Å². The minimum atomic E-state index is -0.455. The van der Waals surface area contributed by atoms with Crippen molar-refractivity contribution in [1.82, 2.24) is 10.2 Å².